The number of nitrogens with one attached hydrogen (secondary N) is 1. The second-order valence-corrected chi connectivity index (χ2v) is 6.81. The molecule has 0 spiro atoms. The van der Waals surface area contributed by atoms with Crippen LogP contribution in [0.25, 0.3) is 11.0 Å². The molecule has 1 aromatic carbocycles. The van der Waals surface area contributed by atoms with Crippen molar-refractivity contribution in [3.63, 3.8) is 0 Å². The Bertz CT molecular complexity index is 803. The highest BCUT2D eigenvalue weighted by Gasteiger charge is 2.38. The van der Waals surface area contributed by atoms with E-state index in [1.54, 1.807) is 6.26 Å². The molecule has 1 saturated carbocycles. The summed E-state index contributed by atoms with van der Waals surface area (Å²) in [5.74, 6) is -0.313. The van der Waals surface area contributed by atoms with E-state index in [0.29, 0.717) is 0 Å². The molecular formula is C19H21NO4. The number of methoxy groups -OCH3 is 1. The molecule has 126 valence electrons. The first kappa shape index (κ1) is 15.2. The fourth-order valence-corrected chi connectivity index (χ4v) is 3.61. The average Bonchev–Trinajstić information content (AvgIpc) is 3.21. The molecule has 1 aromatic heterocycles. The van der Waals surface area contributed by atoms with Gasteiger partial charge in [0.15, 0.2) is 0 Å². The maximum Gasteiger partial charge on any atom is 0.328 e. The fraction of sp³-hybridized carbons (Fsp3) is 0.474. The monoisotopic (exact) mass is 327 g/mol. The van der Waals surface area contributed by atoms with Crippen LogP contribution in [0.4, 0.5) is 0 Å². The zero-order valence-corrected chi connectivity index (χ0v) is 13.8. The zero-order valence-electron chi connectivity index (χ0n) is 13.8. The van der Waals surface area contributed by atoms with Crippen LogP contribution in [0.1, 0.15) is 36.0 Å². The van der Waals surface area contributed by atoms with Gasteiger partial charge in [0.25, 0.3) is 0 Å². The normalized spacial score (nSPS) is 17.5. The molecule has 2 aliphatic carbocycles. The molecule has 5 heteroatoms. The maximum absolute atomic E-state index is 12.4. The third kappa shape index (κ3) is 2.79. The van der Waals surface area contributed by atoms with E-state index in [9.17, 15) is 9.59 Å². The number of ether oxygens (including phenoxy) is 1. The minimum Gasteiger partial charge on any atom is -0.467 e. The SMILES string of the molecule is COC(=O)[C@H](NC(=O)Cc1coc2cc3c(cc12)CCC3)C1CC1. The Labute approximate surface area is 140 Å². The standard InChI is InChI=1S/C19H21NO4/c1-23-19(22)18(11-5-6-11)20-17(21)9-14-10-24-16-8-13-4-2-3-12(13)7-15(14)16/h7-8,10-11,18H,2-6,9H2,1H3,(H,20,21)/t18-/m1/s1. The number of furan rings is 1. The Morgan fingerprint density at radius 2 is 2.04 bits per heavy atom. The van der Waals surface area contributed by atoms with Crippen LogP contribution in [0.2, 0.25) is 0 Å². The predicted molar refractivity (Wildman–Crippen MR) is 88.6 cm³/mol. The Morgan fingerprint density at radius 3 is 2.75 bits per heavy atom. The molecule has 0 unspecified atom stereocenters. The van der Waals surface area contributed by atoms with Gasteiger partial charge in [-0.2, -0.15) is 0 Å². The number of carbonyl (C=O) groups excluding carboxylic acids is 2. The minimum atomic E-state index is -0.523. The van der Waals surface area contributed by atoms with Crippen LogP contribution < -0.4 is 5.32 Å². The lowest BCUT2D eigenvalue weighted by atomic mass is 10.0. The summed E-state index contributed by atoms with van der Waals surface area (Å²) in [5.41, 5.74) is 4.42. The van der Waals surface area contributed by atoms with Crippen LogP contribution in [-0.4, -0.2) is 25.0 Å². The lowest BCUT2D eigenvalue weighted by molar-refractivity contribution is -0.145. The molecule has 1 atom stereocenters. The molecule has 1 N–H and O–H groups in total. The van der Waals surface area contributed by atoms with Gasteiger partial charge < -0.3 is 14.5 Å². The Morgan fingerprint density at radius 1 is 1.29 bits per heavy atom. The molecule has 1 fully saturated rings. The summed E-state index contributed by atoms with van der Waals surface area (Å²) in [5, 5.41) is 3.84. The van der Waals surface area contributed by atoms with Gasteiger partial charge in [-0.3, -0.25) is 4.79 Å². The van der Waals surface area contributed by atoms with E-state index < -0.39 is 6.04 Å². The zero-order chi connectivity index (χ0) is 16.7. The molecule has 5 nitrogen and oxygen atoms in total. The number of carbonyl (C=O) groups is 2. The number of amides is 1. The van der Waals surface area contributed by atoms with Crippen molar-refractivity contribution in [2.75, 3.05) is 7.11 Å². The van der Waals surface area contributed by atoms with Crippen LogP contribution in [0.5, 0.6) is 0 Å². The first-order chi connectivity index (χ1) is 11.7. The summed E-state index contributed by atoms with van der Waals surface area (Å²) in [6.07, 6.45) is 7.16. The number of benzene rings is 1. The highest BCUT2D eigenvalue weighted by atomic mass is 16.5. The van der Waals surface area contributed by atoms with Gasteiger partial charge in [0.1, 0.15) is 11.6 Å². The molecule has 2 aromatic rings. The molecule has 4 rings (SSSR count). The van der Waals surface area contributed by atoms with Crippen LogP contribution in [0.15, 0.2) is 22.8 Å². The third-order valence-electron chi connectivity index (χ3n) is 5.08. The highest BCUT2D eigenvalue weighted by Crippen LogP contribution is 2.33. The second-order valence-electron chi connectivity index (χ2n) is 6.81. The lowest BCUT2D eigenvalue weighted by Crippen LogP contribution is -2.43. The van der Waals surface area contributed by atoms with Gasteiger partial charge >= 0.3 is 5.97 Å². The van der Waals surface area contributed by atoms with Crippen molar-refractivity contribution in [1.82, 2.24) is 5.32 Å². The molecule has 24 heavy (non-hydrogen) atoms. The number of aryl methyl sites for hydroxylation is 2. The average molecular weight is 327 g/mol. The first-order valence-corrected chi connectivity index (χ1v) is 8.55. The third-order valence-corrected chi connectivity index (χ3v) is 5.08. The number of hydrogen-bond acceptors (Lipinski definition) is 4. The van der Waals surface area contributed by atoms with Gasteiger partial charge in [0.05, 0.1) is 19.8 Å². The number of fused-ring (bicyclic) bond motifs is 2. The summed E-state index contributed by atoms with van der Waals surface area (Å²) in [6, 6.07) is 3.73. The van der Waals surface area contributed by atoms with Crippen molar-refractivity contribution in [2.24, 2.45) is 5.92 Å². The number of hydrogen-bond donors (Lipinski definition) is 1. The minimum absolute atomic E-state index is 0.166. The number of esters is 1. The largest absolute Gasteiger partial charge is 0.467 e. The van der Waals surface area contributed by atoms with E-state index in [2.05, 4.69) is 17.4 Å². The van der Waals surface area contributed by atoms with Gasteiger partial charge in [-0.15, -0.1) is 0 Å². The number of rotatable bonds is 5. The molecule has 1 amide bonds. The van der Waals surface area contributed by atoms with Crippen LogP contribution in [-0.2, 0) is 33.6 Å². The lowest BCUT2D eigenvalue weighted by Gasteiger charge is -2.15. The van der Waals surface area contributed by atoms with E-state index in [1.807, 2.05) is 0 Å². The molecule has 2 aliphatic rings. The first-order valence-electron chi connectivity index (χ1n) is 8.55. The van der Waals surface area contributed by atoms with E-state index in [-0.39, 0.29) is 24.2 Å². The molecule has 0 saturated heterocycles. The van der Waals surface area contributed by atoms with Gasteiger partial charge in [-0.05, 0) is 61.3 Å². The van der Waals surface area contributed by atoms with Gasteiger partial charge in [-0.1, -0.05) is 0 Å². The quantitative estimate of drug-likeness (QED) is 0.857. The van der Waals surface area contributed by atoms with Crippen LogP contribution in [0.3, 0.4) is 0 Å². The van der Waals surface area contributed by atoms with E-state index in [0.717, 1.165) is 42.2 Å². The smallest absolute Gasteiger partial charge is 0.328 e. The van der Waals surface area contributed by atoms with Crippen molar-refractivity contribution in [3.05, 3.63) is 35.1 Å². The second kappa shape index (κ2) is 5.96. The summed E-state index contributed by atoms with van der Waals surface area (Å²) >= 11 is 0. The van der Waals surface area contributed by atoms with E-state index in [1.165, 1.54) is 24.7 Å². The van der Waals surface area contributed by atoms with Crippen molar-refractivity contribution in [3.8, 4) is 0 Å². The summed E-state index contributed by atoms with van der Waals surface area (Å²) in [4.78, 5) is 24.2. The van der Waals surface area contributed by atoms with Crippen LogP contribution in [0, 0.1) is 5.92 Å². The molecule has 1 heterocycles. The van der Waals surface area contributed by atoms with Crippen molar-refractivity contribution in [2.45, 2.75) is 44.6 Å². The summed E-state index contributed by atoms with van der Waals surface area (Å²) in [7, 11) is 1.36. The van der Waals surface area contributed by atoms with Crippen molar-refractivity contribution >= 4 is 22.8 Å². The fourth-order valence-electron chi connectivity index (χ4n) is 3.61. The van der Waals surface area contributed by atoms with E-state index >= 15 is 0 Å². The van der Waals surface area contributed by atoms with Crippen molar-refractivity contribution < 1.29 is 18.7 Å². The highest BCUT2D eigenvalue weighted by molar-refractivity contribution is 5.90. The Balaban J connectivity index is 1.51. The topological polar surface area (TPSA) is 68.5 Å². The molecule has 0 radical (unpaired) electrons. The summed E-state index contributed by atoms with van der Waals surface area (Å²) in [6.45, 7) is 0. The van der Waals surface area contributed by atoms with Gasteiger partial charge in [0, 0.05) is 10.9 Å². The van der Waals surface area contributed by atoms with E-state index in [4.69, 9.17) is 9.15 Å². The molecule has 0 bridgehead atoms. The van der Waals surface area contributed by atoms with Crippen molar-refractivity contribution in [1.29, 1.82) is 0 Å². The van der Waals surface area contributed by atoms with Crippen LogP contribution >= 0.6 is 0 Å². The predicted octanol–water partition coefficient (Wildman–Crippen LogP) is 2.53. The van der Waals surface area contributed by atoms with Gasteiger partial charge in [-0.25, -0.2) is 4.79 Å². The maximum atomic E-state index is 12.4. The Kier molecular flexibility index (Phi) is 3.79. The molecule has 0 aliphatic heterocycles. The Hall–Kier alpha value is -2.30. The summed E-state index contributed by atoms with van der Waals surface area (Å²) < 4.78 is 10.4. The molecular weight excluding hydrogens is 306 g/mol. The van der Waals surface area contributed by atoms with Gasteiger partial charge in [0.2, 0.25) is 5.91 Å².